The molecule has 0 unspecified atom stereocenters. The molecular formula is C19H16ClN5O3. The van der Waals surface area contributed by atoms with E-state index in [9.17, 15) is 14.9 Å². The molecule has 0 aliphatic carbocycles. The number of amides is 1. The van der Waals surface area contributed by atoms with Crippen LogP contribution >= 0.6 is 11.6 Å². The molecular weight excluding hydrogens is 382 g/mol. The molecule has 0 aliphatic rings. The van der Waals surface area contributed by atoms with Crippen molar-refractivity contribution in [2.45, 2.75) is 13.8 Å². The predicted octanol–water partition coefficient (Wildman–Crippen LogP) is 4.65. The number of aryl methyl sites for hydroxylation is 2. The molecule has 0 fully saturated rings. The summed E-state index contributed by atoms with van der Waals surface area (Å²) in [5, 5.41) is 17.0. The van der Waals surface area contributed by atoms with E-state index in [0.29, 0.717) is 17.2 Å². The van der Waals surface area contributed by atoms with Crippen molar-refractivity contribution < 1.29 is 9.72 Å². The summed E-state index contributed by atoms with van der Waals surface area (Å²) in [5.41, 5.74) is 2.54. The van der Waals surface area contributed by atoms with Crippen molar-refractivity contribution in [3.63, 3.8) is 0 Å². The molecule has 0 saturated heterocycles. The number of hydrogen-bond donors (Lipinski definition) is 2. The van der Waals surface area contributed by atoms with E-state index < -0.39 is 10.8 Å². The Bertz CT molecular complexity index is 1030. The van der Waals surface area contributed by atoms with Crippen LogP contribution in [-0.4, -0.2) is 20.8 Å². The highest BCUT2D eigenvalue weighted by molar-refractivity contribution is 6.31. The fourth-order valence-electron chi connectivity index (χ4n) is 2.57. The second kappa shape index (κ2) is 8.01. The largest absolute Gasteiger partial charge is 0.324 e. The fourth-order valence-corrected chi connectivity index (χ4v) is 2.74. The van der Waals surface area contributed by atoms with E-state index in [1.807, 2.05) is 19.9 Å². The number of nitrogens with one attached hydrogen (secondary N) is 2. The smallest absolute Gasteiger partial charge is 0.294 e. The van der Waals surface area contributed by atoms with Crippen LogP contribution in [0.3, 0.4) is 0 Å². The Kier molecular flexibility index (Phi) is 5.51. The molecule has 0 spiro atoms. The highest BCUT2D eigenvalue weighted by Crippen LogP contribution is 2.28. The molecule has 0 radical (unpaired) electrons. The van der Waals surface area contributed by atoms with Gasteiger partial charge in [0, 0.05) is 33.7 Å². The van der Waals surface area contributed by atoms with Gasteiger partial charge in [-0.15, -0.1) is 0 Å². The third kappa shape index (κ3) is 4.60. The molecule has 2 N–H and O–H groups in total. The molecule has 3 aromatic rings. The van der Waals surface area contributed by atoms with Crippen molar-refractivity contribution in [1.82, 2.24) is 9.97 Å². The van der Waals surface area contributed by atoms with E-state index in [0.717, 1.165) is 11.4 Å². The van der Waals surface area contributed by atoms with Crippen LogP contribution in [0.2, 0.25) is 5.02 Å². The zero-order chi connectivity index (χ0) is 20.3. The number of anilines is 3. The van der Waals surface area contributed by atoms with Crippen LogP contribution in [0.15, 0.2) is 48.5 Å². The van der Waals surface area contributed by atoms with Crippen LogP contribution < -0.4 is 10.6 Å². The number of carbonyl (C=O) groups excluding carboxylic acids is 1. The normalized spacial score (nSPS) is 10.4. The fraction of sp³-hybridized carbons (Fsp3) is 0.105. The van der Waals surface area contributed by atoms with Crippen molar-refractivity contribution in [2.24, 2.45) is 0 Å². The molecule has 142 valence electrons. The van der Waals surface area contributed by atoms with Gasteiger partial charge < -0.3 is 10.6 Å². The van der Waals surface area contributed by atoms with Gasteiger partial charge in [0.05, 0.1) is 4.92 Å². The first-order valence-electron chi connectivity index (χ1n) is 8.26. The number of nitro benzene ring substituents is 1. The first kappa shape index (κ1) is 19.2. The number of aromatic nitrogens is 2. The number of nitrogens with zero attached hydrogens (tertiary/aromatic N) is 3. The highest BCUT2D eigenvalue weighted by atomic mass is 35.5. The molecule has 9 heteroatoms. The van der Waals surface area contributed by atoms with Gasteiger partial charge in [-0.3, -0.25) is 14.9 Å². The summed E-state index contributed by atoms with van der Waals surface area (Å²) in [5.74, 6) is -0.00823. The Morgan fingerprint density at radius 2 is 1.68 bits per heavy atom. The molecule has 0 saturated carbocycles. The lowest BCUT2D eigenvalue weighted by molar-refractivity contribution is -0.383. The first-order chi connectivity index (χ1) is 13.3. The number of halogens is 1. The molecule has 1 heterocycles. The molecule has 1 amide bonds. The summed E-state index contributed by atoms with van der Waals surface area (Å²) in [7, 11) is 0. The van der Waals surface area contributed by atoms with Gasteiger partial charge in [-0.25, -0.2) is 9.97 Å². The second-order valence-corrected chi connectivity index (χ2v) is 6.49. The van der Waals surface area contributed by atoms with Crippen molar-refractivity contribution in [3.05, 3.63) is 80.6 Å². The van der Waals surface area contributed by atoms with Crippen LogP contribution in [0, 0.1) is 24.0 Å². The Morgan fingerprint density at radius 3 is 2.29 bits per heavy atom. The molecule has 2 aromatic carbocycles. The van der Waals surface area contributed by atoms with Gasteiger partial charge in [-0.05, 0) is 56.3 Å². The predicted molar refractivity (Wildman–Crippen MR) is 107 cm³/mol. The van der Waals surface area contributed by atoms with Gasteiger partial charge in [0.1, 0.15) is 5.69 Å². The molecule has 0 aliphatic heterocycles. The Balaban J connectivity index is 1.75. The number of carbonyl (C=O) groups is 1. The topological polar surface area (TPSA) is 110 Å². The van der Waals surface area contributed by atoms with Crippen molar-refractivity contribution in [1.29, 1.82) is 0 Å². The Labute approximate surface area is 165 Å². The number of benzene rings is 2. The lowest BCUT2D eigenvalue weighted by atomic mass is 10.2. The summed E-state index contributed by atoms with van der Waals surface area (Å²) >= 11 is 5.78. The monoisotopic (exact) mass is 397 g/mol. The average Bonchev–Trinajstić information content (AvgIpc) is 2.62. The van der Waals surface area contributed by atoms with Crippen LogP contribution in [0.4, 0.5) is 23.0 Å². The van der Waals surface area contributed by atoms with E-state index in [2.05, 4.69) is 20.6 Å². The molecule has 0 bridgehead atoms. The van der Waals surface area contributed by atoms with Crippen molar-refractivity contribution in [3.8, 4) is 0 Å². The molecule has 8 nitrogen and oxygen atoms in total. The van der Waals surface area contributed by atoms with Gasteiger partial charge in [-0.1, -0.05) is 11.6 Å². The maximum atomic E-state index is 12.4. The molecule has 0 atom stereocenters. The minimum Gasteiger partial charge on any atom is -0.324 e. The molecule has 1 aromatic heterocycles. The SMILES string of the molecule is Cc1cc(C)nc(Nc2ccc(C(=O)Nc3ccc(Cl)cc3[N+](=O)[O-])cc2)n1. The molecule has 3 rings (SSSR count). The van der Waals surface area contributed by atoms with Crippen molar-refractivity contribution in [2.75, 3.05) is 10.6 Å². The van der Waals surface area contributed by atoms with E-state index in [1.54, 1.807) is 24.3 Å². The zero-order valence-corrected chi connectivity index (χ0v) is 15.8. The number of nitro groups is 1. The number of rotatable bonds is 5. The lowest BCUT2D eigenvalue weighted by Gasteiger charge is -2.09. The van der Waals surface area contributed by atoms with Gasteiger partial charge in [-0.2, -0.15) is 0 Å². The zero-order valence-electron chi connectivity index (χ0n) is 15.1. The van der Waals surface area contributed by atoms with E-state index in [-0.39, 0.29) is 16.4 Å². The summed E-state index contributed by atoms with van der Waals surface area (Å²) in [6.45, 7) is 3.76. The minimum atomic E-state index is -0.599. The van der Waals surface area contributed by atoms with E-state index >= 15 is 0 Å². The summed E-state index contributed by atoms with van der Waals surface area (Å²) in [6, 6.07) is 12.5. The van der Waals surface area contributed by atoms with Crippen molar-refractivity contribution >= 4 is 40.5 Å². The Hall–Kier alpha value is -3.52. The second-order valence-electron chi connectivity index (χ2n) is 6.05. The lowest BCUT2D eigenvalue weighted by Crippen LogP contribution is -2.13. The van der Waals surface area contributed by atoms with Gasteiger partial charge in [0.15, 0.2) is 0 Å². The Morgan fingerprint density at radius 1 is 1.04 bits per heavy atom. The van der Waals surface area contributed by atoms with E-state index in [4.69, 9.17) is 11.6 Å². The summed E-state index contributed by atoms with van der Waals surface area (Å²) in [6.07, 6.45) is 0. The van der Waals surface area contributed by atoms with Crippen LogP contribution in [0.5, 0.6) is 0 Å². The third-order valence-electron chi connectivity index (χ3n) is 3.79. The van der Waals surface area contributed by atoms with Gasteiger partial charge in [0.25, 0.3) is 11.6 Å². The van der Waals surface area contributed by atoms with Gasteiger partial charge in [0.2, 0.25) is 5.95 Å². The quantitative estimate of drug-likeness (QED) is 0.479. The maximum absolute atomic E-state index is 12.4. The van der Waals surface area contributed by atoms with Crippen LogP contribution in [-0.2, 0) is 0 Å². The first-order valence-corrected chi connectivity index (χ1v) is 8.64. The highest BCUT2D eigenvalue weighted by Gasteiger charge is 2.17. The minimum absolute atomic E-state index is 0.0743. The van der Waals surface area contributed by atoms with Gasteiger partial charge >= 0.3 is 0 Å². The van der Waals surface area contributed by atoms with Crippen LogP contribution in [0.25, 0.3) is 0 Å². The molecule has 28 heavy (non-hydrogen) atoms. The van der Waals surface area contributed by atoms with E-state index in [1.165, 1.54) is 18.2 Å². The standard InChI is InChI=1S/C19H16ClN5O3/c1-11-9-12(2)22-19(21-11)23-15-6-3-13(4-7-15)18(26)24-16-8-5-14(20)10-17(16)25(27)28/h3-10H,1-2H3,(H,24,26)(H,21,22,23). The number of hydrogen-bond acceptors (Lipinski definition) is 6. The third-order valence-corrected chi connectivity index (χ3v) is 4.03. The van der Waals surface area contributed by atoms with Crippen LogP contribution in [0.1, 0.15) is 21.7 Å². The average molecular weight is 398 g/mol. The summed E-state index contributed by atoms with van der Waals surface area (Å²) < 4.78 is 0. The summed E-state index contributed by atoms with van der Waals surface area (Å²) in [4.78, 5) is 31.6. The maximum Gasteiger partial charge on any atom is 0.294 e.